The number of nitrogens with two attached hydrogens (primary N) is 1. The van der Waals surface area contributed by atoms with E-state index in [-0.39, 0.29) is 11.9 Å². The zero-order chi connectivity index (χ0) is 11.9. The average molecular weight is 242 g/mol. The van der Waals surface area contributed by atoms with E-state index < -0.39 is 0 Å². The zero-order valence-electron chi connectivity index (χ0n) is 9.63. The average Bonchev–Trinajstić information content (AvgIpc) is 2.82. The van der Waals surface area contributed by atoms with Crippen LogP contribution in [0.4, 0.5) is 4.39 Å². The van der Waals surface area contributed by atoms with Crippen LogP contribution in [0.5, 0.6) is 0 Å². The maximum Gasteiger partial charge on any atom is 0.126 e. The van der Waals surface area contributed by atoms with Crippen molar-refractivity contribution in [3.63, 3.8) is 0 Å². The molecule has 0 amide bonds. The molecule has 3 heteroatoms. The van der Waals surface area contributed by atoms with Gasteiger partial charge in [-0.1, -0.05) is 25.4 Å². The maximum atomic E-state index is 13.5. The van der Waals surface area contributed by atoms with Crippen molar-refractivity contribution in [1.29, 1.82) is 0 Å². The number of halogens is 2. The van der Waals surface area contributed by atoms with Gasteiger partial charge >= 0.3 is 0 Å². The molecule has 2 N–H and O–H groups in total. The molecular weight excluding hydrogens is 225 g/mol. The molecule has 0 heterocycles. The van der Waals surface area contributed by atoms with Crippen LogP contribution in [0.3, 0.4) is 0 Å². The minimum atomic E-state index is -0.210. The van der Waals surface area contributed by atoms with E-state index in [0.29, 0.717) is 28.3 Å². The Labute approximate surface area is 101 Å². The first kappa shape index (κ1) is 11.9. The molecule has 2 rings (SSSR count). The van der Waals surface area contributed by atoms with E-state index in [1.165, 1.54) is 6.07 Å². The number of benzene rings is 1. The summed E-state index contributed by atoms with van der Waals surface area (Å²) in [5.41, 5.74) is 7.05. The molecule has 0 aromatic heterocycles. The molecule has 0 spiro atoms. The van der Waals surface area contributed by atoms with Crippen LogP contribution in [0.1, 0.15) is 25.8 Å². The Morgan fingerprint density at radius 1 is 1.56 bits per heavy atom. The van der Waals surface area contributed by atoms with E-state index in [0.717, 1.165) is 6.42 Å². The standard InChI is InChI=1S/C13H17ClFN/c1-13(2)7-10(13)12(16)6-8-5-9(14)3-4-11(8)15/h3-5,10,12H,6-7,16H2,1-2H3. The summed E-state index contributed by atoms with van der Waals surface area (Å²) >= 11 is 5.84. The lowest BCUT2D eigenvalue weighted by atomic mass is 9.98. The summed E-state index contributed by atoms with van der Waals surface area (Å²) in [7, 11) is 0. The molecule has 1 nitrogen and oxygen atoms in total. The molecule has 1 aliphatic rings. The Morgan fingerprint density at radius 3 is 2.75 bits per heavy atom. The number of hydrogen-bond acceptors (Lipinski definition) is 1. The van der Waals surface area contributed by atoms with Gasteiger partial charge in [-0.15, -0.1) is 0 Å². The lowest BCUT2D eigenvalue weighted by molar-refractivity contribution is 0.469. The summed E-state index contributed by atoms with van der Waals surface area (Å²) in [6.45, 7) is 4.40. The van der Waals surface area contributed by atoms with E-state index >= 15 is 0 Å². The van der Waals surface area contributed by atoms with Crippen molar-refractivity contribution < 1.29 is 4.39 Å². The Kier molecular flexibility index (Phi) is 2.97. The highest BCUT2D eigenvalue weighted by molar-refractivity contribution is 6.30. The van der Waals surface area contributed by atoms with Gasteiger partial charge in [0.25, 0.3) is 0 Å². The van der Waals surface area contributed by atoms with Gasteiger partial charge in [-0.2, -0.15) is 0 Å². The zero-order valence-corrected chi connectivity index (χ0v) is 10.4. The molecule has 1 aromatic rings. The van der Waals surface area contributed by atoms with E-state index in [9.17, 15) is 4.39 Å². The predicted molar refractivity (Wildman–Crippen MR) is 65.0 cm³/mol. The quantitative estimate of drug-likeness (QED) is 0.863. The molecule has 1 aromatic carbocycles. The van der Waals surface area contributed by atoms with Crippen LogP contribution in [0.25, 0.3) is 0 Å². The summed E-state index contributed by atoms with van der Waals surface area (Å²) < 4.78 is 13.5. The van der Waals surface area contributed by atoms with Gasteiger partial charge in [0.05, 0.1) is 0 Å². The molecule has 0 radical (unpaired) electrons. The van der Waals surface area contributed by atoms with Crippen molar-refractivity contribution in [3.8, 4) is 0 Å². The van der Waals surface area contributed by atoms with Gasteiger partial charge in [-0.05, 0) is 47.9 Å². The largest absolute Gasteiger partial charge is 0.327 e. The van der Waals surface area contributed by atoms with Crippen LogP contribution >= 0.6 is 11.6 Å². The van der Waals surface area contributed by atoms with Gasteiger partial charge in [-0.25, -0.2) is 4.39 Å². The summed E-state index contributed by atoms with van der Waals surface area (Å²) in [6.07, 6.45) is 1.71. The second-order valence-electron chi connectivity index (χ2n) is 5.40. The van der Waals surface area contributed by atoms with Crippen molar-refractivity contribution in [2.45, 2.75) is 32.7 Å². The van der Waals surface area contributed by atoms with Crippen LogP contribution in [0.15, 0.2) is 18.2 Å². The van der Waals surface area contributed by atoms with Gasteiger partial charge in [-0.3, -0.25) is 0 Å². The van der Waals surface area contributed by atoms with Crippen LogP contribution in [0.2, 0.25) is 5.02 Å². The van der Waals surface area contributed by atoms with Crippen molar-refractivity contribution in [1.82, 2.24) is 0 Å². The highest BCUT2D eigenvalue weighted by atomic mass is 35.5. The van der Waals surface area contributed by atoms with E-state index in [1.807, 2.05) is 0 Å². The molecule has 0 bridgehead atoms. The summed E-state index contributed by atoms with van der Waals surface area (Å²) in [5, 5.41) is 0.568. The Bertz CT molecular complexity index is 403. The highest BCUT2D eigenvalue weighted by Gasteiger charge is 2.48. The van der Waals surface area contributed by atoms with Gasteiger partial charge in [0.1, 0.15) is 5.82 Å². The van der Waals surface area contributed by atoms with E-state index in [2.05, 4.69) is 13.8 Å². The molecule has 2 unspecified atom stereocenters. The minimum absolute atomic E-state index is 0.0305. The third kappa shape index (κ3) is 2.38. The van der Waals surface area contributed by atoms with Crippen molar-refractivity contribution in [3.05, 3.63) is 34.6 Å². The monoisotopic (exact) mass is 241 g/mol. The van der Waals surface area contributed by atoms with Gasteiger partial charge in [0.15, 0.2) is 0 Å². The molecule has 0 saturated heterocycles. The SMILES string of the molecule is CC1(C)CC1C(N)Cc1cc(Cl)ccc1F. The molecule has 16 heavy (non-hydrogen) atoms. The Balaban J connectivity index is 2.06. The fraction of sp³-hybridized carbons (Fsp3) is 0.538. The summed E-state index contributed by atoms with van der Waals surface area (Å²) in [6, 6.07) is 4.67. The van der Waals surface area contributed by atoms with Gasteiger partial charge in [0, 0.05) is 11.1 Å². The topological polar surface area (TPSA) is 26.0 Å². The highest BCUT2D eigenvalue weighted by Crippen LogP contribution is 2.53. The van der Waals surface area contributed by atoms with Crippen LogP contribution < -0.4 is 5.73 Å². The van der Waals surface area contributed by atoms with Crippen LogP contribution in [0, 0.1) is 17.2 Å². The first-order valence-electron chi connectivity index (χ1n) is 5.59. The summed E-state index contributed by atoms with van der Waals surface area (Å²) in [4.78, 5) is 0. The molecule has 1 aliphatic carbocycles. The predicted octanol–water partition coefficient (Wildman–Crippen LogP) is 3.40. The Hall–Kier alpha value is -0.600. The Morgan fingerprint density at radius 2 is 2.19 bits per heavy atom. The minimum Gasteiger partial charge on any atom is -0.327 e. The second kappa shape index (κ2) is 4.01. The number of rotatable bonds is 3. The lowest BCUT2D eigenvalue weighted by Gasteiger charge is -2.14. The van der Waals surface area contributed by atoms with E-state index in [4.69, 9.17) is 17.3 Å². The summed E-state index contributed by atoms with van der Waals surface area (Å²) in [5.74, 6) is 0.296. The van der Waals surface area contributed by atoms with Crippen molar-refractivity contribution in [2.24, 2.45) is 17.1 Å². The molecule has 1 saturated carbocycles. The van der Waals surface area contributed by atoms with Crippen molar-refractivity contribution in [2.75, 3.05) is 0 Å². The van der Waals surface area contributed by atoms with Crippen molar-refractivity contribution >= 4 is 11.6 Å². The van der Waals surface area contributed by atoms with Crippen LogP contribution in [-0.2, 0) is 6.42 Å². The normalized spacial score (nSPS) is 24.2. The van der Waals surface area contributed by atoms with E-state index in [1.54, 1.807) is 12.1 Å². The molecule has 88 valence electrons. The smallest absolute Gasteiger partial charge is 0.126 e. The third-order valence-corrected chi connectivity index (χ3v) is 3.80. The first-order chi connectivity index (χ1) is 7.40. The third-order valence-electron chi connectivity index (χ3n) is 3.57. The lowest BCUT2D eigenvalue weighted by Crippen LogP contribution is -2.27. The van der Waals surface area contributed by atoms with Gasteiger partial charge < -0.3 is 5.73 Å². The van der Waals surface area contributed by atoms with Gasteiger partial charge in [0.2, 0.25) is 0 Å². The maximum absolute atomic E-state index is 13.5. The fourth-order valence-electron chi connectivity index (χ4n) is 2.33. The molecular formula is C13H17ClFN. The fourth-order valence-corrected chi connectivity index (χ4v) is 2.53. The molecule has 2 atom stereocenters. The second-order valence-corrected chi connectivity index (χ2v) is 5.84. The van der Waals surface area contributed by atoms with Crippen LogP contribution in [-0.4, -0.2) is 6.04 Å². The number of hydrogen-bond donors (Lipinski definition) is 1. The first-order valence-corrected chi connectivity index (χ1v) is 5.97. The molecule has 1 fully saturated rings. The molecule has 0 aliphatic heterocycles.